The molecule has 0 unspecified atom stereocenters. The molecular weight excluding hydrogens is 236 g/mol. The molecule has 102 valence electrons. The van der Waals surface area contributed by atoms with Crippen molar-refractivity contribution in [3.05, 3.63) is 0 Å². The average Bonchev–Trinajstić information content (AvgIpc) is 2.86. The van der Waals surface area contributed by atoms with Crippen molar-refractivity contribution in [2.45, 2.75) is 32.4 Å². The van der Waals surface area contributed by atoms with E-state index in [0.29, 0.717) is 32.2 Å². The Balaban J connectivity index is 1.84. The number of amides is 1. The first-order valence-corrected chi connectivity index (χ1v) is 6.50. The molecule has 3 atom stereocenters. The van der Waals surface area contributed by atoms with Crippen molar-refractivity contribution < 1.29 is 19.1 Å². The van der Waals surface area contributed by atoms with Gasteiger partial charge in [-0.3, -0.25) is 10.1 Å². The molecule has 6 heteroatoms. The Kier molecular flexibility index (Phi) is 4.06. The molecule has 0 spiro atoms. The van der Waals surface area contributed by atoms with Crippen molar-refractivity contribution >= 4 is 12.1 Å². The molecule has 1 N–H and O–H groups in total. The summed E-state index contributed by atoms with van der Waals surface area (Å²) in [5, 5.41) is 3.24. The van der Waals surface area contributed by atoms with Gasteiger partial charge in [-0.2, -0.15) is 0 Å². The zero-order valence-electron chi connectivity index (χ0n) is 10.8. The summed E-state index contributed by atoms with van der Waals surface area (Å²) in [6.45, 7) is 5.66. The number of nitrogens with one attached hydrogen (secondary N) is 1. The van der Waals surface area contributed by atoms with E-state index in [4.69, 9.17) is 9.47 Å². The third-order valence-electron chi connectivity index (χ3n) is 3.49. The molecule has 2 heterocycles. The van der Waals surface area contributed by atoms with Crippen LogP contribution in [-0.2, 0) is 14.3 Å². The van der Waals surface area contributed by atoms with Crippen LogP contribution < -0.4 is 5.32 Å². The molecule has 6 nitrogen and oxygen atoms in total. The van der Waals surface area contributed by atoms with Crippen LogP contribution >= 0.6 is 0 Å². The van der Waals surface area contributed by atoms with Gasteiger partial charge in [-0.15, -0.1) is 0 Å². The number of esters is 1. The van der Waals surface area contributed by atoms with E-state index in [1.165, 1.54) is 0 Å². The number of hydrogen-bond acceptors (Lipinski definition) is 5. The smallest absolute Gasteiger partial charge is 0.409 e. The second kappa shape index (κ2) is 5.56. The highest BCUT2D eigenvalue weighted by atomic mass is 16.6. The van der Waals surface area contributed by atoms with E-state index < -0.39 is 0 Å². The van der Waals surface area contributed by atoms with Crippen molar-refractivity contribution in [3.8, 4) is 0 Å². The number of carbonyl (C=O) groups is 2. The molecular formula is C12H20N2O4. The third-order valence-corrected chi connectivity index (χ3v) is 3.49. The molecule has 18 heavy (non-hydrogen) atoms. The first kappa shape index (κ1) is 13.1. The van der Waals surface area contributed by atoms with E-state index in [-0.39, 0.29) is 24.1 Å². The number of rotatable bonds is 3. The standard InChI is InChI=1S/C12H20N2O4/c1-3-17-11(15)9-5-8-6-14(7-10(8)13-9)12(16)18-4-2/h8-10,13H,3-7H2,1-2H3/t8-,9+,10+/m1/s1. The first-order valence-electron chi connectivity index (χ1n) is 6.50. The van der Waals surface area contributed by atoms with Crippen LogP contribution in [0.25, 0.3) is 0 Å². The van der Waals surface area contributed by atoms with Gasteiger partial charge in [-0.25, -0.2) is 4.79 Å². The molecule has 0 aliphatic carbocycles. The lowest BCUT2D eigenvalue weighted by Gasteiger charge is -2.18. The van der Waals surface area contributed by atoms with Crippen molar-refractivity contribution in [2.24, 2.45) is 5.92 Å². The van der Waals surface area contributed by atoms with Gasteiger partial charge in [0.05, 0.1) is 13.2 Å². The minimum absolute atomic E-state index is 0.184. The fourth-order valence-electron chi connectivity index (χ4n) is 2.70. The normalized spacial score (nSPS) is 30.1. The number of nitrogens with zero attached hydrogens (tertiary/aromatic N) is 1. The van der Waals surface area contributed by atoms with Crippen LogP contribution in [0.5, 0.6) is 0 Å². The lowest BCUT2D eigenvalue weighted by molar-refractivity contribution is -0.145. The van der Waals surface area contributed by atoms with Gasteiger partial charge in [0.2, 0.25) is 0 Å². The highest BCUT2D eigenvalue weighted by Gasteiger charge is 2.45. The molecule has 0 aromatic heterocycles. The second-order valence-corrected chi connectivity index (χ2v) is 4.68. The summed E-state index contributed by atoms with van der Waals surface area (Å²) >= 11 is 0. The van der Waals surface area contributed by atoms with Crippen molar-refractivity contribution in [1.29, 1.82) is 0 Å². The molecule has 2 rings (SSSR count). The lowest BCUT2D eigenvalue weighted by Crippen LogP contribution is -2.41. The van der Waals surface area contributed by atoms with Gasteiger partial charge >= 0.3 is 12.1 Å². The Morgan fingerprint density at radius 1 is 1.22 bits per heavy atom. The van der Waals surface area contributed by atoms with E-state index in [1.54, 1.807) is 18.7 Å². The first-order chi connectivity index (χ1) is 8.65. The van der Waals surface area contributed by atoms with E-state index in [2.05, 4.69) is 5.32 Å². The number of fused-ring (bicyclic) bond motifs is 1. The van der Waals surface area contributed by atoms with Gasteiger partial charge in [0, 0.05) is 19.1 Å². The van der Waals surface area contributed by atoms with Gasteiger partial charge in [0.1, 0.15) is 6.04 Å². The highest BCUT2D eigenvalue weighted by molar-refractivity contribution is 5.76. The van der Waals surface area contributed by atoms with E-state index in [1.807, 2.05) is 0 Å². The average molecular weight is 256 g/mol. The Morgan fingerprint density at radius 3 is 2.56 bits per heavy atom. The van der Waals surface area contributed by atoms with Crippen LogP contribution in [0.3, 0.4) is 0 Å². The molecule has 0 radical (unpaired) electrons. The van der Waals surface area contributed by atoms with Crippen LogP contribution in [0, 0.1) is 5.92 Å². The Morgan fingerprint density at radius 2 is 1.94 bits per heavy atom. The van der Waals surface area contributed by atoms with Crippen LogP contribution in [0.1, 0.15) is 20.3 Å². The maximum absolute atomic E-state index is 11.6. The number of hydrogen-bond donors (Lipinski definition) is 1. The zero-order valence-corrected chi connectivity index (χ0v) is 10.8. The highest BCUT2D eigenvalue weighted by Crippen LogP contribution is 2.28. The van der Waals surface area contributed by atoms with Gasteiger partial charge in [0.25, 0.3) is 0 Å². The Labute approximate surface area is 107 Å². The molecule has 2 saturated heterocycles. The van der Waals surface area contributed by atoms with Gasteiger partial charge in [-0.05, 0) is 26.2 Å². The van der Waals surface area contributed by atoms with Gasteiger partial charge < -0.3 is 14.4 Å². The largest absolute Gasteiger partial charge is 0.465 e. The monoisotopic (exact) mass is 256 g/mol. The van der Waals surface area contributed by atoms with Gasteiger partial charge in [-0.1, -0.05) is 0 Å². The van der Waals surface area contributed by atoms with Crippen LogP contribution in [0.2, 0.25) is 0 Å². The number of carbonyl (C=O) groups excluding carboxylic acids is 2. The quantitative estimate of drug-likeness (QED) is 0.739. The minimum atomic E-state index is -0.263. The summed E-state index contributed by atoms with van der Waals surface area (Å²) in [4.78, 5) is 24.9. The molecule has 2 fully saturated rings. The summed E-state index contributed by atoms with van der Waals surface area (Å²) in [6, 6.07) is -0.0342. The topological polar surface area (TPSA) is 67.9 Å². The van der Waals surface area contributed by atoms with Crippen molar-refractivity contribution in [3.63, 3.8) is 0 Å². The molecule has 2 aliphatic heterocycles. The maximum Gasteiger partial charge on any atom is 0.409 e. The van der Waals surface area contributed by atoms with Crippen LogP contribution in [0.4, 0.5) is 4.79 Å². The number of likely N-dealkylation sites (tertiary alicyclic amines) is 1. The number of ether oxygens (including phenoxy) is 2. The van der Waals surface area contributed by atoms with Gasteiger partial charge in [0.15, 0.2) is 0 Å². The third kappa shape index (κ3) is 2.58. The summed E-state index contributed by atoms with van der Waals surface area (Å²) in [5.74, 6) is 0.137. The summed E-state index contributed by atoms with van der Waals surface area (Å²) < 4.78 is 9.97. The van der Waals surface area contributed by atoms with Crippen LogP contribution in [-0.4, -0.2) is 55.3 Å². The molecule has 2 aliphatic rings. The van der Waals surface area contributed by atoms with E-state index in [0.717, 1.165) is 6.42 Å². The van der Waals surface area contributed by atoms with E-state index >= 15 is 0 Å². The zero-order chi connectivity index (χ0) is 13.1. The van der Waals surface area contributed by atoms with Crippen molar-refractivity contribution in [2.75, 3.05) is 26.3 Å². The predicted octanol–water partition coefficient (Wildman–Crippen LogP) is 0.368. The molecule has 1 amide bonds. The molecule has 0 bridgehead atoms. The summed E-state index contributed by atoms with van der Waals surface area (Å²) in [7, 11) is 0. The molecule has 0 aromatic rings. The Bertz CT molecular complexity index is 290. The van der Waals surface area contributed by atoms with Crippen LogP contribution in [0.15, 0.2) is 0 Å². The minimum Gasteiger partial charge on any atom is -0.465 e. The fourth-order valence-corrected chi connectivity index (χ4v) is 2.70. The second-order valence-electron chi connectivity index (χ2n) is 4.68. The Hall–Kier alpha value is -1.30. The summed E-state index contributed by atoms with van der Waals surface area (Å²) in [5.41, 5.74) is 0. The molecule has 0 saturated carbocycles. The van der Waals surface area contributed by atoms with E-state index in [9.17, 15) is 9.59 Å². The lowest BCUT2D eigenvalue weighted by atomic mass is 10.0. The molecule has 0 aromatic carbocycles. The fraction of sp³-hybridized carbons (Fsp3) is 0.833. The van der Waals surface area contributed by atoms with Crippen molar-refractivity contribution in [1.82, 2.24) is 10.2 Å². The maximum atomic E-state index is 11.6. The predicted molar refractivity (Wildman–Crippen MR) is 64.0 cm³/mol. The SMILES string of the molecule is CCOC(=O)[C@@H]1C[C@@H]2CN(C(=O)OCC)C[C@@H]2N1. The summed E-state index contributed by atoms with van der Waals surface area (Å²) in [6.07, 6.45) is 0.473.